The molecule has 31 heavy (non-hydrogen) atoms. The number of amides is 1. The van der Waals surface area contributed by atoms with Crippen molar-refractivity contribution in [2.45, 2.75) is 13.3 Å². The van der Waals surface area contributed by atoms with E-state index in [9.17, 15) is 23.9 Å². The minimum Gasteiger partial charge on any atom is -0.505 e. The number of pyridine rings is 2. The van der Waals surface area contributed by atoms with E-state index in [0.717, 1.165) is 0 Å². The number of rotatable bonds is 7. The van der Waals surface area contributed by atoms with Crippen LogP contribution in [-0.4, -0.2) is 46.6 Å². The van der Waals surface area contributed by atoms with E-state index in [1.165, 1.54) is 50.0 Å². The van der Waals surface area contributed by atoms with Crippen LogP contribution in [-0.2, 0) is 18.2 Å². The van der Waals surface area contributed by atoms with Crippen LogP contribution < -0.4 is 10.9 Å². The molecular formula is C22H22FN3O5. The second-order valence-corrected chi connectivity index (χ2v) is 7.08. The van der Waals surface area contributed by atoms with Gasteiger partial charge < -0.3 is 19.7 Å². The van der Waals surface area contributed by atoms with Gasteiger partial charge in [0.05, 0.1) is 12.1 Å². The molecule has 3 rings (SSSR count). The molecule has 0 bridgehead atoms. The van der Waals surface area contributed by atoms with E-state index in [2.05, 4.69) is 10.3 Å². The molecule has 0 spiro atoms. The Kier molecular flexibility index (Phi) is 6.45. The second kappa shape index (κ2) is 9.05. The minimum absolute atomic E-state index is 0.0913. The van der Waals surface area contributed by atoms with Crippen molar-refractivity contribution in [2.75, 3.05) is 20.3 Å². The number of aromatic nitrogens is 2. The van der Waals surface area contributed by atoms with Crippen molar-refractivity contribution in [3.8, 4) is 5.75 Å². The maximum atomic E-state index is 13.5. The Bertz CT molecular complexity index is 1240. The lowest BCUT2D eigenvalue weighted by molar-refractivity contribution is 0.0931. The molecule has 0 aliphatic rings. The van der Waals surface area contributed by atoms with Crippen molar-refractivity contribution >= 4 is 22.7 Å². The van der Waals surface area contributed by atoms with Gasteiger partial charge in [0.2, 0.25) is 0 Å². The topological polar surface area (TPSA) is 111 Å². The van der Waals surface area contributed by atoms with Crippen LogP contribution >= 0.6 is 0 Å². The van der Waals surface area contributed by atoms with Gasteiger partial charge in [0.25, 0.3) is 11.5 Å². The third kappa shape index (κ3) is 4.46. The number of ketones is 1. The van der Waals surface area contributed by atoms with E-state index in [-0.39, 0.29) is 36.4 Å². The highest BCUT2D eigenvalue weighted by Gasteiger charge is 2.22. The lowest BCUT2D eigenvalue weighted by Gasteiger charge is -2.13. The number of hydrogen-bond donors (Lipinski definition) is 2. The number of halogens is 1. The third-order valence-electron chi connectivity index (χ3n) is 4.93. The number of nitrogens with one attached hydrogen (secondary N) is 1. The Morgan fingerprint density at radius 1 is 1.29 bits per heavy atom. The van der Waals surface area contributed by atoms with E-state index in [1.807, 2.05) is 0 Å². The number of aromatic hydroxyl groups is 1. The molecule has 1 amide bonds. The zero-order valence-electron chi connectivity index (χ0n) is 17.4. The number of fused-ring (bicyclic) bond motifs is 1. The lowest BCUT2D eigenvalue weighted by atomic mass is 9.98. The van der Waals surface area contributed by atoms with Crippen LogP contribution in [0.2, 0.25) is 0 Å². The molecule has 2 N–H and O–H groups in total. The largest absolute Gasteiger partial charge is 0.505 e. The maximum absolute atomic E-state index is 13.5. The Morgan fingerprint density at radius 3 is 2.71 bits per heavy atom. The molecule has 0 radical (unpaired) electrons. The second-order valence-electron chi connectivity index (χ2n) is 7.08. The zero-order chi connectivity index (χ0) is 22.7. The number of carbonyl (C=O) groups excluding carboxylic acids is 2. The van der Waals surface area contributed by atoms with Gasteiger partial charge in [-0.25, -0.2) is 4.39 Å². The molecule has 2 aromatic heterocycles. The number of ether oxygens (including phenoxy) is 1. The smallest absolute Gasteiger partial charge is 0.267 e. The summed E-state index contributed by atoms with van der Waals surface area (Å²) in [7, 11) is 2.95. The van der Waals surface area contributed by atoms with E-state index in [0.29, 0.717) is 16.6 Å². The molecule has 0 saturated carbocycles. The standard InChI is InChI=1S/C22H22FN3O5/c1-12(27)16-10-15(23)5-4-14(16)8-13-9-17-19(25-11-13)20(28)18(22(30)26(17)2)21(29)24-6-7-31-3/h4-5,9-11,28H,6-8H2,1-3H3,(H,24,29). The normalized spacial score (nSPS) is 11.0. The van der Waals surface area contributed by atoms with Crippen LogP contribution in [0.4, 0.5) is 4.39 Å². The highest BCUT2D eigenvalue weighted by Crippen LogP contribution is 2.26. The maximum Gasteiger partial charge on any atom is 0.267 e. The van der Waals surface area contributed by atoms with Crippen molar-refractivity contribution in [1.82, 2.24) is 14.9 Å². The zero-order valence-corrected chi connectivity index (χ0v) is 17.4. The lowest BCUT2D eigenvalue weighted by Crippen LogP contribution is -2.34. The molecule has 8 nitrogen and oxygen atoms in total. The van der Waals surface area contributed by atoms with Gasteiger partial charge >= 0.3 is 0 Å². The number of benzene rings is 1. The van der Waals surface area contributed by atoms with Crippen LogP contribution in [0.25, 0.3) is 11.0 Å². The molecule has 0 aliphatic heterocycles. The summed E-state index contributed by atoms with van der Waals surface area (Å²) < 4.78 is 19.6. The van der Waals surface area contributed by atoms with Gasteiger partial charge in [0.1, 0.15) is 16.9 Å². The van der Waals surface area contributed by atoms with E-state index >= 15 is 0 Å². The molecule has 1 aromatic carbocycles. The van der Waals surface area contributed by atoms with Gasteiger partial charge in [-0.3, -0.25) is 19.4 Å². The van der Waals surface area contributed by atoms with Crippen molar-refractivity contribution in [2.24, 2.45) is 7.05 Å². The molecule has 0 aliphatic carbocycles. The molecule has 0 unspecified atom stereocenters. The van der Waals surface area contributed by atoms with Crippen molar-refractivity contribution in [1.29, 1.82) is 0 Å². The van der Waals surface area contributed by atoms with Crippen LogP contribution in [0.5, 0.6) is 5.75 Å². The fraction of sp³-hybridized carbons (Fsp3) is 0.273. The van der Waals surface area contributed by atoms with Gasteiger partial charge in [-0.15, -0.1) is 0 Å². The van der Waals surface area contributed by atoms with E-state index in [4.69, 9.17) is 4.74 Å². The van der Waals surface area contributed by atoms with Gasteiger partial charge in [0, 0.05) is 32.5 Å². The van der Waals surface area contributed by atoms with Gasteiger partial charge in [-0.05, 0) is 42.7 Å². The third-order valence-corrected chi connectivity index (χ3v) is 4.93. The molecule has 9 heteroatoms. The number of carbonyl (C=O) groups is 2. The fourth-order valence-corrected chi connectivity index (χ4v) is 3.34. The van der Waals surface area contributed by atoms with Crippen LogP contribution in [0, 0.1) is 5.82 Å². The number of aryl methyl sites for hydroxylation is 1. The Labute approximate surface area is 177 Å². The van der Waals surface area contributed by atoms with Gasteiger partial charge in [-0.1, -0.05) is 6.07 Å². The molecule has 0 atom stereocenters. The van der Waals surface area contributed by atoms with Crippen molar-refractivity contribution < 1.29 is 23.8 Å². The summed E-state index contributed by atoms with van der Waals surface area (Å²) in [5, 5.41) is 13.1. The molecule has 2 heterocycles. The van der Waals surface area contributed by atoms with Crippen molar-refractivity contribution in [3.63, 3.8) is 0 Å². The number of Topliss-reactive ketones (excluding diaryl/α,β-unsaturated/α-hetero) is 1. The first-order valence-corrected chi connectivity index (χ1v) is 9.51. The quantitative estimate of drug-likeness (QED) is 0.441. The monoisotopic (exact) mass is 427 g/mol. The minimum atomic E-state index is -0.722. The van der Waals surface area contributed by atoms with Gasteiger partial charge in [0.15, 0.2) is 11.5 Å². The highest BCUT2D eigenvalue weighted by atomic mass is 19.1. The Balaban J connectivity index is 2.04. The first kappa shape index (κ1) is 22.1. The molecule has 0 saturated heterocycles. The van der Waals surface area contributed by atoms with Gasteiger partial charge in [-0.2, -0.15) is 0 Å². The average molecular weight is 427 g/mol. The summed E-state index contributed by atoms with van der Waals surface area (Å²) >= 11 is 0. The number of methoxy groups -OCH3 is 1. The highest BCUT2D eigenvalue weighted by molar-refractivity contribution is 6.01. The van der Waals surface area contributed by atoms with Crippen molar-refractivity contribution in [3.05, 3.63) is 68.9 Å². The van der Waals surface area contributed by atoms with Crippen LogP contribution in [0.1, 0.15) is 38.8 Å². The fourth-order valence-electron chi connectivity index (χ4n) is 3.34. The summed E-state index contributed by atoms with van der Waals surface area (Å²) in [4.78, 5) is 41.2. The number of nitrogens with zero attached hydrogens (tertiary/aromatic N) is 2. The summed E-state index contributed by atoms with van der Waals surface area (Å²) in [5.41, 5.74) is 0.856. The Hall–Kier alpha value is -3.59. The predicted octanol–water partition coefficient (Wildman–Crippen LogP) is 1.95. The number of hydrogen-bond acceptors (Lipinski definition) is 6. The summed E-state index contributed by atoms with van der Waals surface area (Å²) in [6, 6.07) is 5.62. The van der Waals surface area contributed by atoms with E-state index in [1.54, 1.807) is 6.07 Å². The first-order valence-electron chi connectivity index (χ1n) is 9.51. The molecule has 162 valence electrons. The molecular weight excluding hydrogens is 405 g/mol. The SMILES string of the molecule is COCCNC(=O)c1c(O)c2ncc(Cc3ccc(F)cc3C(C)=O)cc2n(C)c1=O. The van der Waals surface area contributed by atoms with Crippen LogP contribution in [0.15, 0.2) is 35.3 Å². The average Bonchev–Trinajstić information content (AvgIpc) is 2.73. The summed E-state index contributed by atoms with van der Waals surface area (Å²) in [5.74, 6) is -2.00. The molecule has 0 fully saturated rings. The predicted molar refractivity (Wildman–Crippen MR) is 112 cm³/mol. The first-order chi connectivity index (χ1) is 14.7. The Morgan fingerprint density at radius 2 is 2.03 bits per heavy atom. The summed E-state index contributed by atoms with van der Waals surface area (Å²) in [6.07, 6.45) is 1.75. The summed E-state index contributed by atoms with van der Waals surface area (Å²) in [6.45, 7) is 1.80. The molecule has 3 aromatic rings. The van der Waals surface area contributed by atoms with E-state index < -0.39 is 28.6 Å². The van der Waals surface area contributed by atoms with Crippen LogP contribution in [0.3, 0.4) is 0 Å².